The lowest BCUT2D eigenvalue weighted by Gasteiger charge is -2.39. The number of non-ortho nitro benzene ring substituents is 1. The van der Waals surface area contributed by atoms with E-state index in [1.165, 1.54) is 10.4 Å². The first-order valence-corrected chi connectivity index (χ1v) is 7.98. The van der Waals surface area contributed by atoms with Crippen molar-refractivity contribution in [2.75, 3.05) is 7.05 Å². The van der Waals surface area contributed by atoms with Gasteiger partial charge in [0.05, 0.1) is 10.2 Å². The average molecular weight is 326 g/mol. The first-order chi connectivity index (χ1) is 10.4. The van der Waals surface area contributed by atoms with E-state index in [2.05, 4.69) is 4.99 Å². The number of nitro groups is 1. The number of aliphatic imine (C=N–C) groups is 1. The van der Waals surface area contributed by atoms with Crippen LogP contribution in [0.15, 0.2) is 23.2 Å². The molecule has 0 spiro atoms. The number of benzene rings is 1. The quantitative estimate of drug-likeness (QED) is 0.655. The molecule has 0 radical (unpaired) electrons. The molecule has 3 unspecified atom stereocenters. The molecule has 1 heterocycles. The van der Waals surface area contributed by atoms with Crippen LogP contribution in [0.1, 0.15) is 24.8 Å². The summed E-state index contributed by atoms with van der Waals surface area (Å²) in [6.07, 6.45) is 1.79. The van der Waals surface area contributed by atoms with Gasteiger partial charge in [-0.2, -0.15) is 0 Å². The minimum Gasteiger partial charge on any atom is -0.369 e. The normalized spacial score (nSPS) is 30.8. The molecular weight excluding hydrogens is 311 g/mol. The number of fused-ring (bicyclic) bond motifs is 1. The maximum absolute atomic E-state index is 14.4. The molecule has 22 heavy (non-hydrogen) atoms. The molecule has 0 aromatic heterocycles. The fourth-order valence-electron chi connectivity index (χ4n) is 3.24. The summed E-state index contributed by atoms with van der Waals surface area (Å²) >= 11 is 0. The highest BCUT2D eigenvalue weighted by Gasteiger charge is 2.53. The molecule has 7 nitrogen and oxygen atoms in total. The van der Waals surface area contributed by atoms with Crippen molar-refractivity contribution in [1.82, 2.24) is 4.31 Å². The molecule has 9 heteroatoms. The summed E-state index contributed by atoms with van der Waals surface area (Å²) in [5.41, 5.74) is 4.63. The highest BCUT2D eigenvalue weighted by molar-refractivity contribution is 7.84. The van der Waals surface area contributed by atoms with E-state index in [0.717, 1.165) is 12.1 Å². The smallest absolute Gasteiger partial charge is 0.270 e. The third-order valence-corrected chi connectivity index (χ3v) is 6.17. The largest absolute Gasteiger partial charge is 0.369 e. The molecule has 1 saturated carbocycles. The van der Waals surface area contributed by atoms with Gasteiger partial charge in [0.2, 0.25) is 5.96 Å². The molecule has 1 aliphatic carbocycles. The second kappa shape index (κ2) is 5.01. The lowest BCUT2D eigenvalue weighted by atomic mass is 9.87. The molecule has 118 valence electrons. The predicted molar refractivity (Wildman–Crippen MR) is 79.9 cm³/mol. The molecule has 1 aromatic rings. The third-order valence-electron chi connectivity index (χ3n) is 4.33. The number of hydrogen-bond acceptors (Lipinski definition) is 5. The average Bonchev–Trinajstić information content (AvgIpc) is 2.89. The van der Waals surface area contributed by atoms with Crippen LogP contribution in [0, 0.1) is 15.9 Å². The molecule has 3 rings (SSSR count). The van der Waals surface area contributed by atoms with Gasteiger partial charge in [-0.05, 0) is 25.3 Å². The maximum atomic E-state index is 14.4. The van der Waals surface area contributed by atoms with Gasteiger partial charge in [-0.25, -0.2) is 13.6 Å². The fourth-order valence-corrected chi connectivity index (χ4v) is 4.84. The Morgan fingerprint density at radius 2 is 2.32 bits per heavy atom. The van der Waals surface area contributed by atoms with Crippen LogP contribution in [0.2, 0.25) is 0 Å². The number of halogens is 1. The second-order valence-electron chi connectivity index (χ2n) is 5.47. The zero-order valence-corrected chi connectivity index (χ0v) is 12.7. The van der Waals surface area contributed by atoms with E-state index in [9.17, 15) is 18.7 Å². The van der Waals surface area contributed by atoms with E-state index in [1.807, 2.05) is 0 Å². The molecule has 1 aliphatic heterocycles. The van der Waals surface area contributed by atoms with E-state index in [0.29, 0.717) is 19.3 Å². The summed E-state index contributed by atoms with van der Waals surface area (Å²) in [7, 11) is 0.126. The van der Waals surface area contributed by atoms with Crippen molar-refractivity contribution in [2.45, 2.75) is 30.1 Å². The summed E-state index contributed by atoms with van der Waals surface area (Å²) in [6, 6.07) is 3.36. The van der Waals surface area contributed by atoms with E-state index >= 15 is 0 Å². The van der Waals surface area contributed by atoms with Gasteiger partial charge in [0.25, 0.3) is 5.69 Å². The van der Waals surface area contributed by atoms with Crippen LogP contribution in [0.5, 0.6) is 0 Å². The molecule has 0 saturated heterocycles. The van der Waals surface area contributed by atoms with Gasteiger partial charge >= 0.3 is 0 Å². The monoisotopic (exact) mass is 326 g/mol. The zero-order valence-electron chi connectivity index (χ0n) is 11.9. The summed E-state index contributed by atoms with van der Waals surface area (Å²) in [5, 5.41) is 10.5. The fraction of sp³-hybridized carbons (Fsp3) is 0.462. The number of hydrogen-bond donors (Lipinski definition) is 1. The lowest BCUT2D eigenvalue weighted by Crippen LogP contribution is -2.52. The Balaban J connectivity index is 2.22. The van der Waals surface area contributed by atoms with Crippen molar-refractivity contribution in [2.24, 2.45) is 10.7 Å². The standard InChI is InChI=1S/C13H15FN4O3S/c1-17-12(15)16-13(6-2-3-11(13)22(17)21)9-7-8(18(19)20)4-5-10(9)14/h4-5,7,11H,2-3,6H2,1H3,(H2,15,16). The molecule has 2 aliphatic rings. The van der Waals surface area contributed by atoms with Crippen molar-refractivity contribution in [1.29, 1.82) is 0 Å². The third kappa shape index (κ3) is 1.99. The highest BCUT2D eigenvalue weighted by Crippen LogP contribution is 2.48. The number of nitro benzene ring substituents is 1. The first kappa shape index (κ1) is 14.9. The Bertz CT molecular complexity index is 711. The van der Waals surface area contributed by atoms with Crippen LogP contribution < -0.4 is 5.73 Å². The van der Waals surface area contributed by atoms with Gasteiger partial charge < -0.3 is 5.73 Å². The van der Waals surface area contributed by atoms with Crippen LogP contribution in [0.25, 0.3) is 0 Å². The van der Waals surface area contributed by atoms with Gasteiger partial charge in [-0.15, -0.1) is 0 Å². The van der Waals surface area contributed by atoms with Crippen LogP contribution in [-0.4, -0.2) is 31.7 Å². The van der Waals surface area contributed by atoms with Crippen molar-refractivity contribution in [3.05, 3.63) is 39.7 Å². The van der Waals surface area contributed by atoms with E-state index in [1.54, 1.807) is 7.05 Å². The highest BCUT2D eigenvalue weighted by atomic mass is 32.2. The number of nitrogens with zero attached hydrogens (tertiary/aromatic N) is 3. The van der Waals surface area contributed by atoms with Gasteiger partial charge in [0.15, 0.2) is 0 Å². The Morgan fingerprint density at radius 1 is 1.59 bits per heavy atom. The van der Waals surface area contributed by atoms with E-state index in [4.69, 9.17) is 5.73 Å². The number of rotatable bonds is 2. The van der Waals surface area contributed by atoms with Crippen molar-refractivity contribution >= 4 is 22.6 Å². The van der Waals surface area contributed by atoms with Gasteiger partial charge in [0, 0.05) is 24.7 Å². The minimum absolute atomic E-state index is 0.0578. The Hall–Kier alpha value is -2.03. The van der Waals surface area contributed by atoms with Crippen molar-refractivity contribution < 1.29 is 13.5 Å². The molecular formula is C13H15FN4O3S. The summed E-state index contributed by atoms with van der Waals surface area (Å²) < 4.78 is 28.3. The lowest BCUT2D eigenvalue weighted by molar-refractivity contribution is -0.385. The molecule has 0 bridgehead atoms. The first-order valence-electron chi connectivity index (χ1n) is 6.81. The number of guanidine groups is 1. The van der Waals surface area contributed by atoms with Crippen LogP contribution >= 0.6 is 0 Å². The SMILES string of the molecule is CN1C(N)=NC2(c3cc([N+](=O)[O-])ccc3F)CCCC2S1=O. The predicted octanol–water partition coefficient (Wildman–Crippen LogP) is 1.41. The minimum atomic E-state index is -1.44. The summed E-state index contributed by atoms with van der Waals surface area (Å²) in [5.74, 6) is -0.530. The van der Waals surface area contributed by atoms with Gasteiger partial charge in [-0.3, -0.25) is 14.4 Å². The molecule has 0 amide bonds. The maximum Gasteiger partial charge on any atom is 0.270 e. The summed E-state index contributed by atoms with van der Waals surface area (Å²) in [4.78, 5) is 14.8. The van der Waals surface area contributed by atoms with Crippen LogP contribution in [0.3, 0.4) is 0 Å². The van der Waals surface area contributed by atoms with Crippen LogP contribution in [0.4, 0.5) is 10.1 Å². The Morgan fingerprint density at radius 3 is 3.00 bits per heavy atom. The van der Waals surface area contributed by atoms with Gasteiger partial charge in [0.1, 0.15) is 22.3 Å². The van der Waals surface area contributed by atoms with Crippen molar-refractivity contribution in [3.63, 3.8) is 0 Å². The zero-order chi connectivity index (χ0) is 16.1. The van der Waals surface area contributed by atoms with Gasteiger partial charge in [-0.1, -0.05) is 0 Å². The van der Waals surface area contributed by atoms with Crippen molar-refractivity contribution in [3.8, 4) is 0 Å². The number of nitrogens with two attached hydrogens (primary N) is 1. The van der Waals surface area contributed by atoms with E-state index < -0.39 is 32.5 Å². The molecule has 1 aromatic carbocycles. The molecule has 3 atom stereocenters. The molecule has 1 fully saturated rings. The van der Waals surface area contributed by atoms with Crippen LogP contribution in [-0.2, 0) is 16.5 Å². The second-order valence-corrected chi connectivity index (χ2v) is 7.14. The van der Waals surface area contributed by atoms with E-state index in [-0.39, 0.29) is 17.2 Å². The molecule has 2 N–H and O–H groups in total. The Labute approximate surface area is 128 Å². The topological polar surface area (TPSA) is 102 Å². The summed E-state index contributed by atoms with van der Waals surface area (Å²) in [6.45, 7) is 0. The Kier molecular flexibility index (Phi) is 3.39.